The highest BCUT2D eigenvalue weighted by atomic mass is 35.5. The molecule has 0 N–H and O–H groups in total. The lowest BCUT2D eigenvalue weighted by Crippen LogP contribution is -1.80. The van der Waals surface area contributed by atoms with Crippen molar-refractivity contribution >= 4 is 39.4 Å². The van der Waals surface area contributed by atoms with E-state index in [2.05, 4.69) is 14.3 Å². The maximum absolute atomic E-state index is 5.79. The second-order valence-electron chi connectivity index (χ2n) is 3.88. The Morgan fingerprint density at radius 2 is 1.89 bits per heavy atom. The smallest absolute Gasteiger partial charge is 0.159 e. The first-order chi connectivity index (χ1) is 9.31. The third-order valence-corrected chi connectivity index (χ3v) is 3.92. The van der Waals surface area contributed by atoms with Crippen LogP contribution in [0.15, 0.2) is 63.4 Å². The van der Waals surface area contributed by atoms with Gasteiger partial charge in [-0.2, -0.15) is 4.36 Å². The molecular formula is C14H10ClN3S. The molecule has 0 bridgehead atoms. The van der Waals surface area contributed by atoms with Crippen LogP contribution in [0, 0.1) is 0 Å². The van der Waals surface area contributed by atoms with Crippen LogP contribution < -0.4 is 0 Å². The Balaban J connectivity index is 1.87. The van der Waals surface area contributed by atoms with Crippen LogP contribution in [0.1, 0.15) is 5.56 Å². The number of benzene rings is 1. The highest BCUT2D eigenvalue weighted by molar-refractivity contribution is 8.03. The maximum atomic E-state index is 5.79. The molecule has 3 nitrogen and oxygen atoms in total. The standard InChI is InChI=1S/C14H10ClN3S/c15-12-6-7-14(16-8-12)18-19-9-13(17-10-19)11-4-2-1-3-5-11/h1-10H. The van der Waals surface area contributed by atoms with Crippen molar-refractivity contribution in [3.05, 3.63) is 64.7 Å². The zero-order valence-electron chi connectivity index (χ0n) is 9.90. The number of hydrogen-bond donors (Lipinski definition) is 0. The predicted molar refractivity (Wildman–Crippen MR) is 81.6 cm³/mol. The minimum Gasteiger partial charge on any atom is -0.247 e. The van der Waals surface area contributed by atoms with E-state index < -0.39 is 0 Å². The Bertz CT molecular complexity index is 676. The van der Waals surface area contributed by atoms with E-state index >= 15 is 0 Å². The van der Waals surface area contributed by atoms with Gasteiger partial charge in [-0.15, -0.1) is 0 Å². The predicted octanol–water partition coefficient (Wildman–Crippen LogP) is 4.21. The van der Waals surface area contributed by atoms with Crippen LogP contribution >= 0.6 is 11.6 Å². The Morgan fingerprint density at radius 1 is 1.05 bits per heavy atom. The molecule has 1 aliphatic heterocycles. The van der Waals surface area contributed by atoms with Gasteiger partial charge in [0, 0.05) is 17.2 Å². The van der Waals surface area contributed by atoms with Crippen molar-refractivity contribution in [3.8, 4) is 0 Å². The van der Waals surface area contributed by atoms with Crippen molar-refractivity contribution in [2.24, 2.45) is 9.36 Å². The first-order valence-electron chi connectivity index (χ1n) is 5.68. The van der Waals surface area contributed by atoms with Gasteiger partial charge in [-0.3, -0.25) is 0 Å². The molecule has 2 aromatic rings. The Hall–Kier alpha value is -1.78. The van der Waals surface area contributed by atoms with Crippen LogP contribution in [-0.2, 0) is 10.7 Å². The molecule has 1 aliphatic rings. The summed E-state index contributed by atoms with van der Waals surface area (Å²) >= 11 is 5.79. The number of aliphatic imine (C=N–C) groups is 1. The van der Waals surface area contributed by atoms with Crippen LogP contribution in [0.25, 0.3) is 5.70 Å². The fraction of sp³-hybridized carbons (Fsp3) is 0. The number of aromatic nitrogens is 1. The third kappa shape index (κ3) is 2.97. The molecule has 0 saturated heterocycles. The molecule has 0 amide bonds. The molecule has 0 aliphatic carbocycles. The van der Waals surface area contributed by atoms with Gasteiger partial charge in [-0.05, 0) is 22.8 Å². The van der Waals surface area contributed by atoms with E-state index in [0.717, 1.165) is 11.3 Å². The summed E-state index contributed by atoms with van der Waals surface area (Å²) in [6.45, 7) is 0. The zero-order valence-corrected chi connectivity index (χ0v) is 11.5. The molecule has 1 aromatic heterocycles. The van der Waals surface area contributed by atoms with Gasteiger partial charge < -0.3 is 0 Å². The molecule has 0 saturated carbocycles. The summed E-state index contributed by atoms with van der Waals surface area (Å²) in [5.41, 5.74) is 3.91. The van der Waals surface area contributed by atoms with Crippen LogP contribution in [0.3, 0.4) is 0 Å². The minimum atomic E-state index is -0.350. The van der Waals surface area contributed by atoms with E-state index in [4.69, 9.17) is 11.6 Å². The summed E-state index contributed by atoms with van der Waals surface area (Å²) < 4.78 is 4.51. The van der Waals surface area contributed by atoms with Crippen molar-refractivity contribution in [1.82, 2.24) is 4.98 Å². The van der Waals surface area contributed by atoms with Gasteiger partial charge in [0.1, 0.15) is 0 Å². The molecule has 5 heteroatoms. The normalized spacial score (nSPS) is 17.7. The molecular weight excluding hydrogens is 278 g/mol. The molecule has 94 valence electrons. The molecule has 0 fully saturated rings. The van der Waals surface area contributed by atoms with Gasteiger partial charge >= 0.3 is 0 Å². The molecule has 0 radical (unpaired) electrons. The molecule has 0 spiro atoms. The molecule has 19 heavy (non-hydrogen) atoms. The monoisotopic (exact) mass is 287 g/mol. The minimum absolute atomic E-state index is 0.350. The van der Waals surface area contributed by atoms with Crippen molar-refractivity contribution in [1.29, 1.82) is 0 Å². The number of halogens is 1. The maximum Gasteiger partial charge on any atom is 0.159 e. The fourth-order valence-electron chi connectivity index (χ4n) is 1.62. The van der Waals surface area contributed by atoms with Gasteiger partial charge in [0.05, 0.1) is 16.3 Å². The Morgan fingerprint density at radius 3 is 2.63 bits per heavy atom. The first-order valence-corrected chi connectivity index (χ1v) is 7.36. The topological polar surface area (TPSA) is 37.6 Å². The molecule has 1 unspecified atom stereocenters. The van der Waals surface area contributed by atoms with Gasteiger partial charge in [0.25, 0.3) is 0 Å². The van der Waals surface area contributed by atoms with E-state index in [0.29, 0.717) is 10.8 Å². The SMILES string of the molecule is Clc1ccc(N=S2C=NC(c3ccccc3)=C2)nc1. The molecule has 2 heterocycles. The van der Waals surface area contributed by atoms with Gasteiger partial charge in [-0.25, -0.2) is 9.98 Å². The average Bonchev–Trinajstić information content (AvgIpc) is 2.91. The number of pyridine rings is 1. The lowest BCUT2D eigenvalue weighted by molar-refractivity contribution is 1.29. The van der Waals surface area contributed by atoms with E-state index in [9.17, 15) is 0 Å². The van der Waals surface area contributed by atoms with Crippen molar-refractivity contribution in [3.63, 3.8) is 0 Å². The summed E-state index contributed by atoms with van der Waals surface area (Å²) in [5.74, 6) is 0.671. The van der Waals surface area contributed by atoms with Crippen LogP contribution in [0.5, 0.6) is 0 Å². The van der Waals surface area contributed by atoms with Crippen LogP contribution in [0.2, 0.25) is 5.02 Å². The summed E-state index contributed by atoms with van der Waals surface area (Å²) in [5, 5.41) is 2.66. The Kier molecular flexibility index (Phi) is 3.53. The molecule has 1 atom stereocenters. The summed E-state index contributed by atoms with van der Waals surface area (Å²) in [6.07, 6.45) is 1.60. The van der Waals surface area contributed by atoms with Gasteiger partial charge in [0.15, 0.2) is 5.82 Å². The number of rotatable bonds is 2. The van der Waals surface area contributed by atoms with Crippen molar-refractivity contribution < 1.29 is 0 Å². The molecule has 3 rings (SSSR count). The van der Waals surface area contributed by atoms with Gasteiger partial charge in [0.2, 0.25) is 0 Å². The van der Waals surface area contributed by atoms with Gasteiger partial charge in [-0.1, -0.05) is 41.9 Å². The second-order valence-corrected chi connectivity index (χ2v) is 5.64. The second kappa shape index (κ2) is 5.47. The quantitative estimate of drug-likeness (QED) is 0.815. The van der Waals surface area contributed by atoms with E-state index in [1.807, 2.05) is 41.3 Å². The number of nitrogens with zero attached hydrogens (tertiary/aromatic N) is 3. The van der Waals surface area contributed by atoms with E-state index in [1.54, 1.807) is 18.3 Å². The Labute approximate surface area is 118 Å². The summed E-state index contributed by atoms with van der Waals surface area (Å²) in [6, 6.07) is 13.7. The fourth-order valence-corrected chi connectivity index (χ4v) is 2.86. The van der Waals surface area contributed by atoms with Crippen molar-refractivity contribution in [2.75, 3.05) is 0 Å². The average molecular weight is 288 g/mol. The summed E-state index contributed by atoms with van der Waals surface area (Å²) in [7, 11) is -0.350. The van der Waals surface area contributed by atoms with E-state index in [-0.39, 0.29) is 10.7 Å². The number of hydrogen-bond acceptors (Lipinski definition) is 3. The van der Waals surface area contributed by atoms with E-state index in [1.165, 1.54) is 0 Å². The van der Waals surface area contributed by atoms with Crippen LogP contribution in [-0.4, -0.2) is 10.5 Å². The molecule has 1 aromatic carbocycles. The highest BCUT2D eigenvalue weighted by Crippen LogP contribution is 2.22. The zero-order chi connectivity index (χ0) is 13.1. The summed E-state index contributed by atoms with van der Waals surface area (Å²) in [4.78, 5) is 8.56. The highest BCUT2D eigenvalue weighted by Gasteiger charge is 2.06. The van der Waals surface area contributed by atoms with Crippen molar-refractivity contribution in [2.45, 2.75) is 0 Å². The van der Waals surface area contributed by atoms with Crippen LogP contribution in [0.4, 0.5) is 5.82 Å². The third-order valence-electron chi connectivity index (χ3n) is 2.51. The lowest BCUT2D eigenvalue weighted by atomic mass is 10.2. The first kappa shape index (κ1) is 12.3. The largest absolute Gasteiger partial charge is 0.247 e. The lowest BCUT2D eigenvalue weighted by Gasteiger charge is -1.96.